The molecule has 0 unspecified atom stereocenters. The summed E-state index contributed by atoms with van der Waals surface area (Å²) < 4.78 is 9.23. The molecule has 5 heterocycles. The molecule has 1 aromatic carbocycles. The fourth-order valence-corrected chi connectivity index (χ4v) is 5.77. The van der Waals surface area contributed by atoms with Gasteiger partial charge in [0, 0.05) is 57.1 Å². The number of aryl methyl sites for hydroxylation is 2. The van der Waals surface area contributed by atoms with Crippen molar-refractivity contribution in [1.82, 2.24) is 29.3 Å². The van der Waals surface area contributed by atoms with Gasteiger partial charge in [-0.05, 0) is 43.9 Å². The third-order valence-electron chi connectivity index (χ3n) is 8.22. The van der Waals surface area contributed by atoms with E-state index in [2.05, 4.69) is 62.6 Å². The van der Waals surface area contributed by atoms with Crippen LogP contribution >= 0.6 is 0 Å². The molecule has 0 radical (unpaired) electrons. The van der Waals surface area contributed by atoms with Gasteiger partial charge in [0.15, 0.2) is 5.65 Å². The Morgan fingerprint density at radius 2 is 1.82 bits per heavy atom. The maximum atomic E-state index is 10.4. The summed E-state index contributed by atoms with van der Waals surface area (Å²) in [7, 11) is 0. The lowest BCUT2D eigenvalue weighted by Gasteiger charge is -2.42. The summed E-state index contributed by atoms with van der Waals surface area (Å²) in [4.78, 5) is 9.64. The number of nitrogens with one attached hydrogen (secondary N) is 1. The summed E-state index contributed by atoms with van der Waals surface area (Å²) in [6.07, 6.45) is 8.59. The number of ether oxygens (including phenoxy) is 1. The number of aliphatic hydroxyl groups is 1. The van der Waals surface area contributed by atoms with E-state index >= 15 is 0 Å². The van der Waals surface area contributed by atoms with Crippen molar-refractivity contribution in [2.75, 3.05) is 62.8 Å². The second-order valence-electron chi connectivity index (χ2n) is 10.8. The van der Waals surface area contributed by atoms with Crippen LogP contribution in [0.1, 0.15) is 30.4 Å². The van der Waals surface area contributed by atoms with E-state index in [1.807, 2.05) is 33.9 Å². The van der Waals surface area contributed by atoms with Crippen LogP contribution in [0.25, 0.3) is 5.65 Å². The van der Waals surface area contributed by atoms with Gasteiger partial charge in [0.05, 0.1) is 37.4 Å². The minimum Gasteiger partial charge on any atom is -0.395 e. The van der Waals surface area contributed by atoms with E-state index in [0.717, 1.165) is 88.8 Å². The number of hydrogen-bond acceptors (Lipinski definition) is 8. The van der Waals surface area contributed by atoms with Crippen molar-refractivity contribution < 1.29 is 9.84 Å². The second-order valence-corrected chi connectivity index (χ2v) is 10.8. The Morgan fingerprint density at radius 3 is 2.59 bits per heavy atom. The lowest BCUT2D eigenvalue weighted by Crippen LogP contribution is -2.45. The Bertz CT molecular complexity index is 1370. The molecule has 39 heavy (non-hydrogen) atoms. The number of piperidine rings is 1. The summed E-state index contributed by atoms with van der Waals surface area (Å²) in [5.41, 5.74) is 5.03. The molecule has 0 amide bonds. The van der Waals surface area contributed by atoms with Crippen LogP contribution in [-0.4, -0.2) is 86.9 Å². The van der Waals surface area contributed by atoms with Crippen LogP contribution in [0.5, 0.6) is 0 Å². The summed E-state index contributed by atoms with van der Waals surface area (Å²) in [5, 5.41) is 22.9. The zero-order valence-electron chi connectivity index (χ0n) is 22.7. The monoisotopic (exact) mass is 530 g/mol. The molecule has 0 aliphatic carbocycles. The number of anilines is 3. The molecule has 10 heteroatoms. The smallest absolute Gasteiger partial charge is 0.247 e. The Morgan fingerprint density at radius 1 is 1.03 bits per heavy atom. The highest BCUT2D eigenvalue weighted by Gasteiger charge is 2.36. The number of pyridine rings is 1. The molecule has 0 saturated carbocycles. The highest BCUT2D eigenvalue weighted by atomic mass is 16.5. The minimum absolute atomic E-state index is 0.161. The largest absolute Gasteiger partial charge is 0.395 e. The molecule has 0 spiro atoms. The summed E-state index contributed by atoms with van der Waals surface area (Å²) in [5.74, 6) is 0.552. The first-order chi connectivity index (χ1) is 19.1. The Labute approximate surface area is 229 Å². The van der Waals surface area contributed by atoms with Gasteiger partial charge in [0.2, 0.25) is 5.95 Å². The zero-order chi connectivity index (χ0) is 26.7. The van der Waals surface area contributed by atoms with E-state index in [0.29, 0.717) is 5.95 Å². The third-order valence-corrected chi connectivity index (χ3v) is 8.22. The molecule has 6 rings (SSSR count). The molecule has 0 atom stereocenters. The average Bonchev–Trinajstić information content (AvgIpc) is 3.60. The number of benzene rings is 1. The van der Waals surface area contributed by atoms with Crippen LogP contribution in [0.3, 0.4) is 0 Å². The van der Waals surface area contributed by atoms with Crippen LogP contribution in [0.4, 0.5) is 17.3 Å². The molecule has 2 aliphatic rings. The van der Waals surface area contributed by atoms with Crippen molar-refractivity contribution in [3.05, 3.63) is 66.1 Å². The van der Waals surface area contributed by atoms with E-state index in [1.54, 1.807) is 0 Å². The quantitative estimate of drug-likeness (QED) is 0.341. The first-order valence-corrected chi connectivity index (χ1v) is 14.0. The van der Waals surface area contributed by atoms with Crippen LogP contribution in [0.2, 0.25) is 0 Å². The first-order valence-electron chi connectivity index (χ1n) is 14.0. The number of aromatic nitrogens is 5. The van der Waals surface area contributed by atoms with E-state index < -0.39 is 0 Å². The van der Waals surface area contributed by atoms with Crippen molar-refractivity contribution in [2.24, 2.45) is 0 Å². The highest BCUT2D eigenvalue weighted by Crippen LogP contribution is 2.37. The Hall–Kier alpha value is -3.47. The molecule has 206 valence electrons. The molecule has 2 aliphatic heterocycles. The number of rotatable bonds is 9. The fourth-order valence-electron chi connectivity index (χ4n) is 5.77. The van der Waals surface area contributed by atoms with Crippen LogP contribution in [-0.2, 0) is 16.7 Å². The molecule has 2 N–H and O–H groups in total. The maximum absolute atomic E-state index is 10.4. The number of fused-ring (bicyclic) bond motifs is 1. The standard InChI is InChI=1S/C29H38N8O2/c1-23-5-7-24(8-6-23)29(22-38)9-14-35(15-10-29)26-4-2-13-37-27(26)32-28(33-37)31-25-20-30-36(21-25)12-3-11-34-16-18-39-19-17-34/h2,4-8,13,20-21,38H,3,9-12,14-19,22H2,1H3,(H,31,33). The number of aliphatic hydroxyl groups excluding tert-OH is 1. The topological polar surface area (TPSA) is 96.0 Å². The minimum atomic E-state index is -0.196. The van der Waals surface area contributed by atoms with Gasteiger partial charge in [-0.3, -0.25) is 9.58 Å². The predicted octanol–water partition coefficient (Wildman–Crippen LogP) is 3.23. The van der Waals surface area contributed by atoms with Gasteiger partial charge in [-0.25, -0.2) is 4.52 Å². The van der Waals surface area contributed by atoms with Gasteiger partial charge in [-0.1, -0.05) is 29.8 Å². The molecule has 0 bridgehead atoms. The number of morpholine rings is 1. The average molecular weight is 531 g/mol. The van der Waals surface area contributed by atoms with Gasteiger partial charge < -0.3 is 20.1 Å². The number of nitrogens with zero attached hydrogens (tertiary/aromatic N) is 7. The molecule has 2 fully saturated rings. The molecular weight excluding hydrogens is 492 g/mol. The van der Waals surface area contributed by atoms with Crippen molar-refractivity contribution in [3.8, 4) is 0 Å². The Balaban J connectivity index is 1.10. The van der Waals surface area contributed by atoms with Crippen molar-refractivity contribution in [1.29, 1.82) is 0 Å². The fraction of sp³-hybridized carbons (Fsp3) is 0.483. The Kier molecular flexibility index (Phi) is 7.49. The lowest BCUT2D eigenvalue weighted by atomic mass is 9.73. The molecule has 10 nitrogen and oxygen atoms in total. The van der Waals surface area contributed by atoms with Gasteiger partial charge in [0.25, 0.3) is 0 Å². The van der Waals surface area contributed by atoms with E-state index in [4.69, 9.17) is 9.72 Å². The van der Waals surface area contributed by atoms with Crippen molar-refractivity contribution in [3.63, 3.8) is 0 Å². The molecule has 2 saturated heterocycles. The number of hydrogen-bond donors (Lipinski definition) is 2. The molecular formula is C29H38N8O2. The zero-order valence-corrected chi connectivity index (χ0v) is 22.7. The predicted molar refractivity (Wildman–Crippen MR) is 152 cm³/mol. The van der Waals surface area contributed by atoms with E-state index in [1.165, 1.54) is 11.1 Å². The normalized spacial score (nSPS) is 18.1. The third kappa shape index (κ3) is 5.63. The van der Waals surface area contributed by atoms with Crippen LogP contribution < -0.4 is 10.2 Å². The maximum Gasteiger partial charge on any atom is 0.247 e. The van der Waals surface area contributed by atoms with Gasteiger partial charge in [-0.15, -0.1) is 5.10 Å². The van der Waals surface area contributed by atoms with Gasteiger partial charge in [0.1, 0.15) is 0 Å². The van der Waals surface area contributed by atoms with Gasteiger partial charge in [-0.2, -0.15) is 10.1 Å². The van der Waals surface area contributed by atoms with Gasteiger partial charge >= 0.3 is 0 Å². The van der Waals surface area contributed by atoms with Crippen LogP contribution in [0.15, 0.2) is 55.0 Å². The molecule has 4 aromatic rings. The highest BCUT2D eigenvalue weighted by molar-refractivity contribution is 5.71. The summed E-state index contributed by atoms with van der Waals surface area (Å²) >= 11 is 0. The second kappa shape index (κ2) is 11.3. The van der Waals surface area contributed by atoms with Crippen molar-refractivity contribution >= 4 is 23.0 Å². The lowest BCUT2D eigenvalue weighted by molar-refractivity contribution is 0.0368. The van der Waals surface area contributed by atoms with Crippen LogP contribution in [0, 0.1) is 6.92 Å². The van der Waals surface area contributed by atoms with Crippen molar-refractivity contribution in [2.45, 2.75) is 38.1 Å². The SMILES string of the molecule is Cc1ccc(C2(CO)CCN(c3cccn4nc(Nc5cnn(CCCN6CCOCC6)c5)nc34)CC2)cc1. The van der Waals surface area contributed by atoms with E-state index in [-0.39, 0.29) is 12.0 Å². The molecule has 3 aromatic heterocycles. The first kappa shape index (κ1) is 25.8. The summed E-state index contributed by atoms with van der Waals surface area (Å²) in [6.45, 7) is 9.57. The van der Waals surface area contributed by atoms with E-state index in [9.17, 15) is 5.11 Å². The summed E-state index contributed by atoms with van der Waals surface area (Å²) in [6, 6.07) is 12.7.